The third-order valence-electron chi connectivity index (χ3n) is 2.71. The van der Waals surface area contributed by atoms with Crippen LogP contribution in [0.4, 0.5) is 10.5 Å². The minimum atomic E-state index is -0.442. The maximum atomic E-state index is 11.8. The van der Waals surface area contributed by atoms with Crippen LogP contribution in [-0.2, 0) is 4.84 Å². The second-order valence-corrected chi connectivity index (χ2v) is 4.51. The van der Waals surface area contributed by atoms with Gasteiger partial charge in [-0.25, -0.2) is 4.79 Å². The number of anilines is 1. The van der Waals surface area contributed by atoms with Gasteiger partial charge < -0.3 is 15.9 Å². The summed E-state index contributed by atoms with van der Waals surface area (Å²) in [5.74, 6) is -0.0650. The summed E-state index contributed by atoms with van der Waals surface area (Å²) in [4.78, 5) is 16.7. The number of nitrogens with two attached hydrogens (primary N) is 1. The molecule has 6 nitrogen and oxygen atoms in total. The zero-order chi connectivity index (χ0) is 15.0. The third kappa shape index (κ3) is 5.17. The van der Waals surface area contributed by atoms with Crippen molar-refractivity contribution in [2.75, 3.05) is 11.9 Å². The van der Waals surface area contributed by atoms with Crippen molar-refractivity contribution in [1.29, 1.82) is 0 Å². The van der Waals surface area contributed by atoms with Crippen molar-refractivity contribution >= 4 is 17.7 Å². The zero-order valence-electron chi connectivity index (χ0n) is 12.2. The molecule has 110 valence electrons. The molecule has 0 radical (unpaired) electrons. The van der Waals surface area contributed by atoms with E-state index in [1.165, 1.54) is 0 Å². The maximum Gasteiger partial charge on any atom is 0.326 e. The summed E-state index contributed by atoms with van der Waals surface area (Å²) in [6.45, 7) is 6.38. The summed E-state index contributed by atoms with van der Waals surface area (Å²) in [7, 11) is 0. The van der Waals surface area contributed by atoms with Gasteiger partial charge in [-0.2, -0.15) is 0 Å². The van der Waals surface area contributed by atoms with Crippen molar-refractivity contribution in [1.82, 2.24) is 5.32 Å². The minimum Gasteiger partial charge on any atom is -0.393 e. The van der Waals surface area contributed by atoms with Crippen LogP contribution in [0.15, 0.2) is 23.4 Å². The number of nitrogens with zero attached hydrogens (tertiary/aromatic N) is 1. The molecule has 0 aliphatic heterocycles. The van der Waals surface area contributed by atoms with Gasteiger partial charge in [-0.15, -0.1) is 0 Å². The van der Waals surface area contributed by atoms with Gasteiger partial charge in [0.15, 0.2) is 0 Å². The number of amides is 2. The lowest BCUT2D eigenvalue weighted by molar-refractivity contribution is 0.140. The molecule has 0 unspecified atom stereocenters. The highest BCUT2D eigenvalue weighted by Gasteiger charge is 2.07. The van der Waals surface area contributed by atoms with Crippen LogP contribution in [0.25, 0.3) is 0 Å². The third-order valence-corrected chi connectivity index (χ3v) is 2.71. The van der Waals surface area contributed by atoms with E-state index in [1.54, 1.807) is 0 Å². The predicted octanol–water partition coefficient (Wildman–Crippen LogP) is 2.47. The van der Waals surface area contributed by atoms with Crippen molar-refractivity contribution in [3.63, 3.8) is 0 Å². The van der Waals surface area contributed by atoms with Crippen molar-refractivity contribution in [3.05, 3.63) is 29.3 Å². The number of para-hydroxylation sites is 1. The molecule has 1 rings (SSSR count). The first-order chi connectivity index (χ1) is 9.54. The second kappa shape index (κ2) is 8.04. The van der Waals surface area contributed by atoms with Gasteiger partial charge in [-0.05, 0) is 36.6 Å². The molecular weight excluding hydrogens is 256 g/mol. The number of carbonyl (C=O) groups excluding carboxylic acids is 1. The summed E-state index contributed by atoms with van der Waals surface area (Å²) in [6.07, 6.45) is 1.90. The van der Waals surface area contributed by atoms with E-state index >= 15 is 0 Å². The highest BCUT2D eigenvalue weighted by atomic mass is 16.6. The average molecular weight is 278 g/mol. The molecule has 2 amide bonds. The van der Waals surface area contributed by atoms with Crippen molar-refractivity contribution in [3.8, 4) is 0 Å². The van der Waals surface area contributed by atoms with Crippen molar-refractivity contribution in [2.45, 2.75) is 33.6 Å². The van der Waals surface area contributed by atoms with Gasteiger partial charge in [-0.3, -0.25) is 5.32 Å². The van der Waals surface area contributed by atoms with E-state index in [4.69, 9.17) is 10.6 Å². The van der Waals surface area contributed by atoms with Gasteiger partial charge in [0.25, 0.3) is 0 Å². The van der Waals surface area contributed by atoms with Crippen LogP contribution >= 0.6 is 0 Å². The Balaban J connectivity index is 2.51. The van der Waals surface area contributed by atoms with Gasteiger partial charge in [0, 0.05) is 5.69 Å². The van der Waals surface area contributed by atoms with Gasteiger partial charge in [-0.1, -0.05) is 31.5 Å². The smallest absolute Gasteiger partial charge is 0.326 e. The molecule has 1 aromatic rings. The van der Waals surface area contributed by atoms with Gasteiger partial charge in [0.05, 0.1) is 0 Å². The number of guanidine groups is 1. The first-order valence-electron chi connectivity index (χ1n) is 6.64. The molecule has 0 saturated heterocycles. The number of urea groups is 1. The quantitative estimate of drug-likeness (QED) is 0.334. The highest BCUT2D eigenvalue weighted by Crippen LogP contribution is 2.18. The molecule has 0 aliphatic carbocycles. The molecule has 4 N–H and O–H groups in total. The minimum absolute atomic E-state index is 0.0650. The lowest BCUT2D eigenvalue weighted by Crippen LogP contribution is -2.40. The van der Waals surface area contributed by atoms with E-state index in [2.05, 4.69) is 15.8 Å². The molecular formula is C14H22N4O2. The number of hydrogen-bond donors (Lipinski definition) is 3. The van der Waals surface area contributed by atoms with Crippen LogP contribution in [-0.4, -0.2) is 18.6 Å². The Labute approximate surface area is 119 Å². The van der Waals surface area contributed by atoms with Crippen molar-refractivity contribution in [2.24, 2.45) is 10.9 Å². The molecule has 1 aromatic carbocycles. The Kier molecular flexibility index (Phi) is 6.36. The average Bonchev–Trinajstić information content (AvgIpc) is 2.39. The molecule has 0 saturated carbocycles. The summed E-state index contributed by atoms with van der Waals surface area (Å²) < 4.78 is 0. The highest BCUT2D eigenvalue weighted by molar-refractivity contribution is 6.02. The second-order valence-electron chi connectivity index (χ2n) is 4.51. The Bertz CT molecular complexity index is 466. The number of unbranched alkanes of at least 4 members (excludes halogenated alkanes) is 1. The van der Waals surface area contributed by atoms with E-state index < -0.39 is 6.03 Å². The van der Waals surface area contributed by atoms with Crippen LogP contribution in [0.2, 0.25) is 0 Å². The molecule has 20 heavy (non-hydrogen) atoms. The van der Waals surface area contributed by atoms with Gasteiger partial charge in [0.2, 0.25) is 5.96 Å². The molecule has 0 heterocycles. The molecule has 0 spiro atoms. The fraction of sp³-hybridized carbons (Fsp3) is 0.429. The Morgan fingerprint density at radius 2 is 2.00 bits per heavy atom. The Morgan fingerprint density at radius 1 is 1.35 bits per heavy atom. The zero-order valence-corrected chi connectivity index (χ0v) is 12.2. The molecule has 6 heteroatoms. The van der Waals surface area contributed by atoms with E-state index in [-0.39, 0.29) is 5.96 Å². The summed E-state index contributed by atoms with van der Waals surface area (Å²) >= 11 is 0. The lowest BCUT2D eigenvalue weighted by Gasteiger charge is -2.11. The van der Waals surface area contributed by atoms with E-state index in [0.29, 0.717) is 6.61 Å². The molecule has 0 fully saturated rings. The Hall–Kier alpha value is -2.24. The number of nitrogens with one attached hydrogen (secondary N) is 2. The molecule has 0 atom stereocenters. The first-order valence-corrected chi connectivity index (χ1v) is 6.64. The topological polar surface area (TPSA) is 88.7 Å². The number of oxime groups is 1. The largest absolute Gasteiger partial charge is 0.393 e. The van der Waals surface area contributed by atoms with Gasteiger partial charge >= 0.3 is 6.03 Å². The number of benzene rings is 1. The van der Waals surface area contributed by atoms with Crippen LogP contribution in [0.1, 0.15) is 30.9 Å². The van der Waals surface area contributed by atoms with E-state index in [0.717, 1.165) is 29.7 Å². The SMILES string of the molecule is CCCCON=C(N)NC(=O)Nc1c(C)cccc1C. The summed E-state index contributed by atoms with van der Waals surface area (Å²) in [5, 5.41) is 8.77. The number of aryl methyl sites for hydroxylation is 2. The van der Waals surface area contributed by atoms with Crippen LogP contribution in [0.5, 0.6) is 0 Å². The van der Waals surface area contributed by atoms with E-state index in [1.807, 2.05) is 39.0 Å². The number of carbonyl (C=O) groups is 1. The molecule has 0 aromatic heterocycles. The van der Waals surface area contributed by atoms with Crippen LogP contribution in [0, 0.1) is 13.8 Å². The summed E-state index contributed by atoms with van der Waals surface area (Å²) in [5.41, 5.74) is 8.27. The molecule has 0 bridgehead atoms. The summed E-state index contributed by atoms with van der Waals surface area (Å²) in [6, 6.07) is 5.34. The monoisotopic (exact) mass is 278 g/mol. The number of rotatable bonds is 5. The fourth-order valence-corrected chi connectivity index (χ4v) is 1.62. The van der Waals surface area contributed by atoms with E-state index in [9.17, 15) is 4.79 Å². The predicted molar refractivity (Wildman–Crippen MR) is 80.6 cm³/mol. The first kappa shape index (κ1) is 15.8. The number of hydrogen-bond acceptors (Lipinski definition) is 3. The van der Waals surface area contributed by atoms with Gasteiger partial charge in [0.1, 0.15) is 6.61 Å². The maximum absolute atomic E-state index is 11.8. The Morgan fingerprint density at radius 3 is 2.60 bits per heavy atom. The lowest BCUT2D eigenvalue weighted by atomic mass is 10.1. The van der Waals surface area contributed by atoms with Crippen LogP contribution in [0.3, 0.4) is 0 Å². The fourth-order valence-electron chi connectivity index (χ4n) is 1.62. The molecule has 0 aliphatic rings. The van der Waals surface area contributed by atoms with Crippen LogP contribution < -0.4 is 16.4 Å². The normalized spacial score (nSPS) is 11.1. The standard InChI is InChI=1S/C14H22N4O2/c1-4-5-9-20-18-13(15)17-14(19)16-12-10(2)7-6-8-11(12)3/h6-8H,4-5,9H2,1-3H3,(H4,15,16,17,18,19). The van der Waals surface area contributed by atoms with Crippen molar-refractivity contribution < 1.29 is 9.63 Å².